The van der Waals surface area contributed by atoms with E-state index in [1.807, 2.05) is 0 Å². The molecule has 1 nitrogen and oxygen atoms in total. The summed E-state index contributed by atoms with van der Waals surface area (Å²) < 4.78 is 0. The molecule has 0 bridgehead atoms. The fourth-order valence-electron chi connectivity index (χ4n) is 3.77. The summed E-state index contributed by atoms with van der Waals surface area (Å²) in [5.41, 5.74) is -0.274. The Morgan fingerprint density at radius 3 is 2.36 bits per heavy atom. The van der Waals surface area contributed by atoms with E-state index in [9.17, 15) is 5.11 Å². The Labute approximate surface area is 87.9 Å². The molecular weight excluding hydrogens is 172 g/mol. The van der Waals surface area contributed by atoms with Crippen LogP contribution >= 0.6 is 0 Å². The fraction of sp³-hybridized carbons (Fsp3) is 1.00. The van der Waals surface area contributed by atoms with Crippen molar-refractivity contribution in [1.82, 2.24) is 0 Å². The third-order valence-electron chi connectivity index (χ3n) is 4.64. The topological polar surface area (TPSA) is 20.2 Å². The largest absolute Gasteiger partial charge is 0.389 e. The lowest BCUT2D eigenvalue weighted by atomic mass is 9.67. The Hall–Kier alpha value is -0.0400. The summed E-state index contributed by atoms with van der Waals surface area (Å²) in [5, 5.41) is 10.8. The first-order valence-corrected chi connectivity index (χ1v) is 6.49. The smallest absolute Gasteiger partial charge is 0.0703 e. The van der Waals surface area contributed by atoms with Gasteiger partial charge in [0.25, 0.3) is 0 Å². The fourth-order valence-corrected chi connectivity index (χ4v) is 3.77. The molecule has 2 saturated carbocycles. The van der Waals surface area contributed by atoms with E-state index in [-0.39, 0.29) is 5.60 Å². The lowest BCUT2D eigenvalue weighted by Gasteiger charge is -2.44. The molecule has 2 aliphatic rings. The number of hydrogen-bond acceptors (Lipinski definition) is 1. The first-order chi connectivity index (χ1) is 6.77. The lowest BCUT2D eigenvalue weighted by molar-refractivity contribution is -0.0942. The van der Waals surface area contributed by atoms with Crippen LogP contribution in [0.1, 0.15) is 64.7 Å². The van der Waals surface area contributed by atoms with E-state index in [1.165, 1.54) is 51.4 Å². The number of aliphatic hydroxyl groups is 1. The maximum Gasteiger partial charge on any atom is 0.0703 e. The predicted molar refractivity (Wildman–Crippen MR) is 59.2 cm³/mol. The molecule has 2 rings (SSSR count). The van der Waals surface area contributed by atoms with Crippen molar-refractivity contribution in [3.05, 3.63) is 0 Å². The van der Waals surface area contributed by atoms with Crippen molar-refractivity contribution in [1.29, 1.82) is 0 Å². The van der Waals surface area contributed by atoms with Crippen molar-refractivity contribution in [3.63, 3.8) is 0 Å². The maximum absolute atomic E-state index is 10.8. The van der Waals surface area contributed by atoms with E-state index in [0.29, 0.717) is 11.8 Å². The third kappa shape index (κ3) is 1.71. The van der Waals surface area contributed by atoms with Crippen LogP contribution in [0.5, 0.6) is 0 Å². The maximum atomic E-state index is 10.8. The van der Waals surface area contributed by atoms with Crippen LogP contribution in [0.2, 0.25) is 0 Å². The van der Waals surface area contributed by atoms with Crippen LogP contribution in [0.15, 0.2) is 0 Å². The van der Waals surface area contributed by atoms with Gasteiger partial charge in [-0.15, -0.1) is 0 Å². The van der Waals surface area contributed by atoms with Crippen LogP contribution in [0.3, 0.4) is 0 Å². The van der Waals surface area contributed by atoms with Crippen molar-refractivity contribution < 1.29 is 5.11 Å². The van der Waals surface area contributed by atoms with Crippen LogP contribution in [0.25, 0.3) is 0 Å². The summed E-state index contributed by atoms with van der Waals surface area (Å²) in [7, 11) is 0. The van der Waals surface area contributed by atoms with Gasteiger partial charge in [-0.25, -0.2) is 0 Å². The zero-order valence-corrected chi connectivity index (χ0v) is 9.47. The average Bonchev–Trinajstić information content (AvgIpc) is 2.72. The molecular formula is C13H24O. The van der Waals surface area contributed by atoms with Crippen molar-refractivity contribution in [3.8, 4) is 0 Å². The molecule has 2 aliphatic carbocycles. The molecule has 2 atom stereocenters. The normalized spacial score (nSPS) is 40.3. The molecule has 14 heavy (non-hydrogen) atoms. The van der Waals surface area contributed by atoms with Gasteiger partial charge in [-0.2, -0.15) is 0 Å². The van der Waals surface area contributed by atoms with Gasteiger partial charge < -0.3 is 5.11 Å². The van der Waals surface area contributed by atoms with Crippen molar-refractivity contribution in [2.24, 2.45) is 11.8 Å². The molecule has 0 heterocycles. The minimum Gasteiger partial charge on any atom is -0.389 e. The molecule has 0 amide bonds. The van der Waals surface area contributed by atoms with Crippen molar-refractivity contribution in [2.45, 2.75) is 70.3 Å². The molecule has 0 aromatic heterocycles. The van der Waals surface area contributed by atoms with Gasteiger partial charge in [0.2, 0.25) is 0 Å². The van der Waals surface area contributed by atoms with Gasteiger partial charge in [0, 0.05) is 0 Å². The molecule has 0 aromatic carbocycles. The zero-order chi connectivity index (χ0) is 10.0. The quantitative estimate of drug-likeness (QED) is 0.716. The zero-order valence-electron chi connectivity index (χ0n) is 9.47. The van der Waals surface area contributed by atoms with Crippen LogP contribution in [0, 0.1) is 11.8 Å². The van der Waals surface area contributed by atoms with E-state index in [0.717, 1.165) is 6.42 Å². The highest BCUT2D eigenvalue weighted by atomic mass is 16.3. The van der Waals surface area contributed by atoms with Gasteiger partial charge in [-0.3, -0.25) is 0 Å². The molecule has 0 aliphatic heterocycles. The Bertz CT molecular complexity index is 180. The van der Waals surface area contributed by atoms with Crippen LogP contribution < -0.4 is 0 Å². The summed E-state index contributed by atoms with van der Waals surface area (Å²) in [4.78, 5) is 0. The average molecular weight is 196 g/mol. The molecule has 1 N–H and O–H groups in total. The van der Waals surface area contributed by atoms with Gasteiger partial charge in [-0.05, 0) is 37.5 Å². The number of hydrogen-bond donors (Lipinski definition) is 1. The lowest BCUT2D eigenvalue weighted by Crippen LogP contribution is -2.46. The molecule has 0 radical (unpaired) electrons. The minimum atomic E-state index is -0.274. The Morgan fingerprint density at radius 2 is 1.71 bits per heavy atom. The highest BCUT2D eigenvalue weighted by molar-refractivity contribution is 4.96. The van der Waals surface area contributed by atoms with Gasteiger partial charge in [0.15, 0.2) is 0 Å². The van der Waals surface area contributed by atoms with E-state index in [1.54, 1.807) is 0 Å². The second-order valence-corrected chi connectivity index (χ2v) is 5.32. The van der Waals surface area contributed by atoms with Crippen molar-refractivity contribution in [2.75, 3.05) is 0 Å². The molecule has 0 spiro atoms. The summed E-state index contributed by atoms with van der Waals surface area (Å²) in [6.45, 7) is 2.25. The van der Waals surface area contributed by atoms with E-state index >= 15 is 0 Å². The summed E-state index contributed by atoms with van der Waals surface area (Å²) >= 11 is 0. The standard InChI is InChI=1S/C13H24O/c1-2-11-7-5-6-10-13(11,14)12-8-3-4-9-12/h11-12,14H,2-10H2,1H3. The predicted octanol–water partition coefficient (Wildman–Crippen LogP) is 3.51. The van der Waals surface area contributed by atoms with Crippen LogP contribution in [-0.4, -0.2) is 10.7 Å². The minimum absolute atomic E-state index is 0.274. The monoisotopic (exact) mass is 196 g/mol. The van der Waals surface area contributed by atoms with Crippen molar-refractivity contribution >= 4 is 0 Å². The van der Waals surface area contributed by atoms with Gasteiger partial charge >= 0.3 is 0 Å². The van der Waals surface area contributed by atoms with E-state index < -0.39 is 0 Å². The highest BCUT2D eigenvalue weighted by Gasteiger charge is 2.44. The molecule has 0 aromatic rings. The van der Waals surface area contributed by atoms with Gasteiger partial charge in [-0.1, -0.05) is 39.0 Å². The van der Waals surface area contributed by atoms with E-state index in [4.69, 9.17) is 0 Å². The Kier molecular flexibility index (Phi) is 3.16. The molecule has 2 unspecified atom stereocenters. The molecule has 1 heteroatoms. The third-order valence-corrected chi connectivity index (χ3v) is 4.64. The summed E-state index contributed by atoms with van der Waals surface area (Å²) in [5.74, 6) is 1.23. The second-order valence-electron chi connectivity index (χ2n) is 5.32. The summed E-state index contributed by atoms with van der Waals surface area (Å²) in [6, 6.07) is 0. The first kappa shape index (κ1) is 10.5. The Morgan fingerprint density at radius 1 is 1.07 bits per heavy atom. The molecule has 2 fully saturated rings. The van der Waals surface area contributed by atoms with Crippen LogP contribution in [-0.2, 0) is 0 Å². The first-order valence-electron chi connectivity index (χ1n) is 6.49. The van der Waals surface area contributed by atoms with Gasteiger partial charge in [0.1, 0.15) is 0 Å². The SMILES string of the molecule is CCC1CCCCC1(O)C1CCCC1. The van der Waals surface area contributed by atoms with E-state index in [2.05, 4.69) is 6.92 Å². The number of rotatable bonds is 2. The Balaban J connectivity index is 2.08. The highest BCUT2D eigenvalue weighted by Crippen LogP contribution is 2.46. The molecule has 82 valence electrons. The molecule has 0 saturated heterocycles. The van der Waals surface area contributed by atoms with Crippen LogP contribution in [0.4, 0.5) is 0 Å². The van der Waals surface area contributed by atoms with Gasteiger partial charge in [0.05, 0.1) is 5.60 Å². The second kappa shape index (κ2) is 4.22. The summed E-state index contributed by atoms with van der Waals surface area (Å²) in [6.07, 6.45) is 11.4.